The molecule has 0 atom stereocenters. The fraction of sp³-hybridized carbons (Fsp3) is 0.150. The number of hydrogen-bond acceptors (Lipinski definition) is 6. The van der Waals surface area contributed by atoms with E-state index in [0.29, 0.717) is 17.1 Å². The molecule has 0 bridgehead atoms. The molecule has 140 valence electrons. The van der Waals surface area contributed by atoms with Crippen molar-refractivity contribution in [1.29, 1.82) is 0 Å². The summed E-state index contributed by atoms with van der Waals surface area (Å²) in [4.78, 5) is 27.3. The first-order valence-corrected chi connectivity index (χ1v) is 8.04. The molecule has 0 unspecified atom stereocenters. The zero-order valence-electron chi connectivity index (χ0n) is 15.0. The summed E-state index contributed by atoms with van der Waals surface area (Å²) >= 11 is 0. The Bertz CT molecular complexity index is 857. The van der Waals surface area contributed by atoms with E-state index >= 15 is 0 Å². The molecule has 0 spiro atoms. The zero-order valence-corrected chi connectivity index (χ0v) is 15.0. The van der Waals surface area contributed by atoms with Gasteiger partial charge in [0.1, 0.15) is 6.54 Å². The van der Waals surface area contributed by atoms with Gasteiger partial charge in [0.05, 0.1) is 14.2 Å². The monoisotopic (exact) mass is 368 g/mol. The molecular weight excluding hydrogens is 348 g/mol. The molecule has 0 saturated heterocycles. The van der Waals surface area contributed by atoms with Gasteiger partial charge in [-0.2, -0.15) is 0 Å². The molecule has 0 aromatic heterocycles. The number of aliphatic imine (C=N–C) groups is 1. The first-order chi connectivity index (χ1) is 13.1. The van der Waals surface area contributed by atoms with Crippen LogP contribution in [0.15, 0.2) is 53.5 Å². The maximum Gasteiger partial charge on any atom is 0.267 e. The second-order valence-electron chi connectivity index (χ2n) is 5.44. The van der Waals surface area contributed by atoms with E-state index in [1.807, 2.05) is 6.07 Å². The Kier molecular flexibility index (Phi) is 7.27. The van der Waals surface area contributed by atoms with Crippen LogP contribution in [-0.4, -0.2) is 43.9 Å². The number of methoxy groups -OCH3 is 2. The number of Topliss-reactive ketones (excluding diaryl/α,β-unsaturated/α-hetero) is 1. The maximum atomic E-state index is 12.2. The summed E-state index contributed by atoms with van der Waals surface area (Å²) < 4.78 is 10.4. The van der Waals surface area contributed by atoms with Crippen LogP contribution in [-0.2, 0) is 4.79 Å². The summed E-state index contributed by atoms with van der Waals surface area (Å²) in [6.07, 6.45) is 4.31. The summed E-state index contributed by atoms with van der Waals surface area (Å²) in [5.74, 6) is 0.456. The Balaban J connectivity index is 1.98. The van der Waals surface area contributed by atoms with Gasteiger partial charge in [-0.25, -0.2) is 5.48 Å². The number of nitrogens with one attached hydrogen (secondary N) is 1. The standard InChI is InChI=1S/C20H20N2O5/c1-26-18-9-5-15(11-19(18)27-2)12-21-13-17(23)16-7-3-14(4-8-16)6-10-20(24)22-25/h3-12,25H,13H2,1-2H3,(H,22,24)/b10-6+,21-12?. The van der Waals surface area contributed by atoms with Gasteiger partial charge in [-0.1, -0.05) is 24.3 Å². The molecule has 1 amide bonds. The Labute approximate surface area is 156 Å². The maximum absolute atomic E-state index is 12.2. The van der Waals surface area contributed by atoms with Crippen LogP contribution in [0.2, 0.25) is 0 Å². The lowest BCUT2D eigenvalue weighted by molar-refractivity contribution is -0.124. The highest BCUT2D eigenvalue weighted by molar-refractivity contribution is 5.99. The predicted octanol–water partition coefficient (Wildman–Crippen LogP) is 2.52. The van der Waals surface area contributed by atoms with Gasteiger partial charge >= 0.3 is 0 Å². The Morgan fingerprint density at radius 3 is 2.33 bits per heavy atom. The molecule has 7 nitrogen and oxygen atoms in total. The van der Waals surface area contributed by atoms with Crippen molar-refractivity contribution >= 4 is 24.0 Å². The van der Waals surface area contributed by atoms with Gasteiger partial charge in [-0.15, -0.1) is 0 Å². The number of benzene rings is 2. The fourth-order valence-electron chi connectivity index (χ4n) is 2.25. The molecule has 7 heteroatoms. The zero-order chi connectivity index (χ0) is 19.6. The smallest absolute Gasteiger partial charge is 0.267 e. The lowest BCUT2D eigenvalue weighted by Gasteiger charge is -2.07. The molecular formula is C20H20N2O5. The molecule has 2 aromatic carbocycles. The number of amides is 1. The van der Waals surface area contributed by atoms with Crippen LogP contribution in [0.4, 0.5) is 0 Å². The highest BCUT2D eigenvalue weighted by Crippen LogP contribution is 2.26. The van der Waals surface area contributed by atoms with Crippen molar-refractivity contribution in [1.82, 2.24) is 5.48 Å². The average Bonchev–Trinajstić information content (AvgIpc) is 2.72. The molecule has 0 aliphatic carbocycles. The van der Waals surface area contributed by atoms with Gasteiger partial charge in [0.25, 0.3) is 5.91 Å². The second kappa shape index (κ2) is 9.88. The Morgan fingerprint density at radius 2 is 1.70 bits per heavy atom. The van der Waals surface area contributed by atoms with Crippen LogP contribution in [0, 0.1) is 0 Å². The van der Waals surface area contributed by atoms with Crippen molar-refractivity contribution in [3.05, 3.63) is 65.2 Å². The van der Waals surface area contributed by atoms with Crippen LogP contribution in [0.5, 0.6) is 11.5 Å². The van der Waals surface area contributed by atoms with Crippen LogP contribution < -0.4 is 15.0 Å². The SMILES string of the molecule is COc1ccc(C=NCC(=O)c2ccc(/C=C/C(=O)NO)cc2)cc1OC. The summed E-state index contributed by atoms with van der Waals surface area (Å²) in [5, 5.41) is 8.43. The van der Waals surface area contributed by atoms with Gasteiger partial charge < -0.3 is 9.47 Å². The molecule has 2 rings (SSSR count). The van der Waals surface area contributed by atoms with Crippen LogP contribution in [0.1, 0.15) is 21.5 Å². The number of ketones is 1. The van der Waals surface area contributed by atoms with Crippen molar-refractivity contribution < 1.29 is 24.3 Å². The third kappa shape index (κ3) is 5.79. The predicted molar refractivity (Wildman–Crippen MR) is 102 cm³/mol. The number of nitrogens with zero attached hydrogens (tertiary/aromatic N) is 1. The molecule has 2 aromatic rings. The lowest BCUT2D eigenvalue weighted by atomic mass is 10.1. The van der Waals surface area contributed by atoms with Gasteiger partial charge in [0, 0.05) is 17.9 Å². The van der Waals surface area contributed by atoms with Crippen LogP contribution in [0.25, 0.3) is 6.08 Å². The highest BCUT2D eigenvalue weighted by Gasteiger charge is 2.05. The molecule has 0 radical (unpaired) electrons. The minimum atomic E-state index is -0.625. The normalized spacial score (nSPS) is 10.9. The number of carbonyl (C=O) groups is 2. The first-order valence-electron chi connectivity index (χ1n) is 8.04. The van der Waals surface area contributed by atoms with Gasteiger partial charge in [-0.05, 0) is 35.4 Å². The molecule has 0 aliphatic heterocycles. The van der Waals surface area contributed by atoms with Crippen molar-refractivity contribution in [2.75, 3.05) is 20.8 Å². The van der Waals surface area contributed by atoms with E-state index in [1.54, 1.807) is 56.8 Å². The summed E-state index contributed by atoms with van der Waals surface area (Å²) in [6.45, 7) is 0.0104. The van der Waals surface area contributed by atoms with Crippen LogP contribution >= 0.6 is 0 Å². The number of rotatable bonds is 8. The highest BCUT2D eigenvalue weighted by atomic mass is 16.5. The molecule has 0 aliphatic rings. The summed E-state index contributed by atoms with van der Waals surface area (Å²) in [6, 6.07) is 12.1. The average molecular weight is 368 g/mol. The van der Waals surface area contributed by atoms with Crippen molar-refractivity contribution in [3.8, 4) is 11.5 Å². The molecule has 0 saturated carbocycles. The van der Waals surface area contributed by atoms with E-state index in [0.717, 1.165) is 11.1 Å². The van der Waals surface area contributed by atoms with Crippen LogP contribution in [0.3, 0.4) is 0 Å². The van der Waals surface area contributed by atoms with Crippen molar-refractivity contribution in [2.24, 2.45) is 4.99 Å². The molecule has 27 heavy (non-hydrogen) atoms. The largest absolute Gasteiger partial charge is 0.493 e. The third-order valence-corrected chi connectivity index (χ3v) is 3.65. The third-order valence-electron chi connectivity index (χ3n) is 3.65. The van der Waals surface area contributed by atoms with E-state index in [9.17, 15) is 9.59 Å². The van der Waals surface area contributed by atoms with E-state index in [4.69, 9.17) is 14.7 Å². The number of hydrogen-bond donors (Lipinski definition) is 2. The topological polar surface area (TPSA) is 97.2 Å². The van der Waals surface area contributed by atoms with Gasteiger partial charge in [0.2, 0.25) is 0 Å². The Morgan fingerprint density at radius 1 is 1.04 bits per heavy atom. The number of ether oxygens (including phenoxy) is 2. The molecule has 0 fully saturated rings. The number of carbonyl (C=O) groups excluding carboxylic acids is 2. The van der Waals surface area contributed by atoms with E-state index in [2.05, 4.69) is 4.99 Å². The molecule has 0 heterocycles. The van der Waals surface area contributed by atoms with E-state index in [-0.39, 0.29) is 12.3 Å². The molecule has 2 N–H and O–H groups in total. The number of hydroxylamine groups is 1. The Hall–Kier alpha value is -3.45. The van der Waals surface area contributed by atoms with Crippen molar-refractivity contribution in [3.63, 3.8) is 0 Å². The fourth-order valence-corrected chi connectivity index (χ4v) is 2.25. The second-order valence-corrected chi connectivity index (χ2v) is 5.44. The minimum Gasteiger partial charge on any atom is -0.493 e. The van der Waals surface area contributed by atoms with Crippen molar-refractivity contribution in [2.45, 2.75) is 0 Å². The van der Waals surface area contributed by atoms with E-state index in [1.165, 1.54) is 17.6 Å². The van der Waals surface area contributed by atoms with E-state index < -0.39 is 5.91 Å². The van der Waals surface area contributed by atoms with Gasteiger partial charge in [-0.3, -0.25) is 19.8 Å². The summed E-state index contributed by atoms with van der Waals surface area (Å²) in [5.41, 5.74) is 3.54. The first kappa shape index (κ1) is 19.9. The van der Waals surface area contributed by atoms with Gasteiger partial charge in [0.15, 0.2) is 17.3 Å². The lowest BCUT2D eigenvalue weighted by Crippen LogP contribution is -2.14. The summed E-state index contributed by atoms with van der Waals surface area (Å²) in [7, 11) is 3.12. The minimum absolute atomic E-state index is 0.0104. The quantitative estimate of drug-likeness (QED) is 0.245.